The molecular formula is C14H10O. The van der Waals surface area contributed by atoms with Crippen molar-refractivity contribution in [3.63, 3.8) is 0 Å². The second kappa shape index (κ2) is 4.34. The second-order valence-electron chi connectivity index (χ2n) is 3.08. The van der Waals surface area contributed by atoms with Crippen LogP contribution in [0.25, 0.3) is 0 Å². The molecule has 0 aliphatic heterocycles. The van der Waals surface area contributed by atoms with Crippen LogP contribution in [0.2, 0.25) is 0 Å². The zero-order valence-corrected chi connectivity index (χ0v) is 8.18. The van der Waals surface area contributed by atoms with Crippen LogP contribution < -0.4 is 4.74 Å². The summed E-state index contributed by atoms with van der Waals surface area (Å²) in [7, 11) is 0. The van der Waals surface area contributed by atoms with E-state index >= 15 is 0 Å². The van der Waals surface area contributed by atoms with Crippen molar-refractivity contribution in [1.29, 1.82) is 0 Å². The summed E-state index contributed by atoms with van der Waals surface area (Å²) in [5.74, 6) is 4.18. The van der Waals surface area contributed by atoms with Crippen LogP contribution in [0.1, 0.15) is 5.56 Å². The Bertz CT molecular complexity index is 463. The minimum absolute atomic E-state index is 0.792. The molecule has 0 aliphatic rings. The fourth-order valence-corrected chi connectivity index (χ4v) is 1.24. The van der Waals surface area contributed by atoms with Crippen molar-refractivity contribution in [2.75, 3.05) is 0 Å². The number of benzene rings is 2. The summed E-state index contributed by atoms with van der Waals surface area (Å²) in [6.07, 6.45) is 5.26. The van der Waals surface area contributed by atoms with E-state index in [4.69, 9.17) is 11.2 Å². The van der Waals surface area contributed by atoms with Gasteiger partial charge in [-0.1, -0.05) is 24.1 Å². The average Bonchev–Trinajstić information content (AvgIpc) is 2.31. The van der Waals surface area contributed by atoms with Crippen LogP contribution in [0.15, 0.2) is 54.6 Å². The molecular weight excluding hydrogens is 184 g/mol. The average molecular weight is 194 g/mol. The molecule has 0 amide bonds. The van der Waals surface area contributed by atoms with Crippen LogP contribution in [0, 0.1) is 12.3 Å². The van der Waals surface area contributed by atoms with Crippen molar-refractivity contribution in [2.45, 2.75) is 0 Å². The first-order valence-electron chi connectivity index (χ1n) is 4.68. The molecule has 0 bridgehead atoms. The quantitative estimate of drug-likeness (QED) is 0.665. The summed E-state index contributed by atoms with van der Waals surface area (Å²) < 4.78 is 5.61. The highest BCUT2D eigenvalue weighted by Crippen LogP contribution is 2.20. The molecule has 0 spiro atoms. The van der Waals surface area contributed by atoms with Crippen molar-refractivity contribution in [3.8, 4) is 23.8 Å². The summed E-state index contributed by atoms with van der Waals surface area (Å²) in [5, 5.41) is 0. The van der Waals surface area contributed by atoms with E-state index in [2.05, 4.69) is 5.92 Å². The third kappa shape index (κ3) is 2.38. The highest BCUT2D eigenvalue weighted by Gasteiger charge is 1.95. The minimum Gasteiger partial charge on any atom is -0.457 e. The summed E-state index contributed by atoms with van der Waals surface area (Å²) in [6.45, 7) is 0. The smallest absolute Gasteiger partial charge is 0.127 e. The number of para-hydroxylation sites is 1. The van der Waals surface area contributed by atoms with Crippen LogP contribution in [0.4, 0.5) is 0 Å². The molecule has 1 heteroatoms. The maximum Gasteiger partial charge on any atom is 0.127 e. The Morgan fingerprint density at radius 1 is 0.800 bits per heavy atom. The van der Waals surface area contributed by atoms with Gasteiger partial charge in [-0.15, -0.1) is 6.42 Å². The van der Waals surface area contributed by atoms with Crippen LogP contribution in [-0.4, -0.2) is 0 Å². The van der Waals surface area contributed by atoms with E-state index < -0.39 is 0 Å². The first-order chi connectivity index (χ1) is 7.38. The maximum absolute atomic E-state index is 5.61. The fraction of sp³-hybridized carbons (Fsp3) is 0. The van der Waals surface area contributed by atoms with Gasteiger partial charge in [-0.25, -0.2) is 0 Å². The molecule has 2 rings (SSSR count). The van der Waals surface area contributed by atoms with Crippen molar-refractivity contribution in [3.05, 3.63) is 60.2 Å². The molecule has 0 unspecified atom stereocenters. The molecule has 15 heavy (non-hydrogen) atoms. The minimum atomic E-state index is 0.792. The zero-order chi connectivity index (χ0) is 10.5. The highest BCUT2D eigenvalue weighted by molar-refractivity contribution is 5.38. The second-order valence-corrected chi connectivity index (χ2v) is 3.08. The Morgan fingerprint density at radius 3 is 2.00 bits per heavy atom. The first kappa shape index (κ1) is 9.36. The van der Waals surface area contributed by atoms with Gasteiger partial charge in [0.05, 0.1) is 0 Å². The van der Waals surface area contributed by atoms with Crippen molar-refractivity contribution >= 4 is 0 Å². The zero-order valence-electron chi connectivity index (χ0n) is 8.18. The topological polar surface area (TPSA) is 9.23 Å². The molecule has 2 aromatic carbocycles. The summed E-state index contributed by atoms with van der Waals surface area (Å²) in [5.41, 5.74) is 0.857. The molecule has 72 valence electrons. The molecule has 0 fully saturated rings. The molecule has 0 aliphatic carbocycles. The van der Waals surface area contributed by atoms with E-state index in [0.29, 0.717) is 0 Å². The van der Waals surface area contributed by atoms with E-state index in [1.54, 1.807) is 0 Å². The summed E-state index contributed by atoms with van der Waals surface area (Å²) in [6, 6.07) is 17.1. The van der Waals surface area contributed by atoms with Crippen molar-refractivity contribution in [2.24, 2.45) is 0 Å². The van der Waals surface area contributed by atoms with E-state index in [1.807, 2.05) is 54.6 Å². The Labute approximate surface area is 89.3 Å². The van der Waals surface area contributed by atoms with Crippen molar-refractivity contribution < 1.29 is 4.74 Å². The Balaban J connectivity index is 2.16. The summed E-state index contributed by atoms with van der Waals surface area (Å²) >= 11 is 0. The van der Waals surface area contributed by atoms with Crippen LogP contribution >= 0.6 is 0 Å². The van der Waals surface area contributed by atoms with Gasteiger partial charge in [-0.05, 0) is 36.4 Å². The first-order valence-corrected chi connectivity index (χ1v) is 4.68. The van der Waals surface area contributed by atoms with Gasteiger partial charge in [0.2, 0.25) is 0 Å². The van der Waals surface area contributed by atoms with Gasteiger partial charge >= 0.3 is 0 Å². The van der Waals surface area contributed by atoms with Crippen LogP contribution in [0.5, 0.6) is 11.5 Å². The molecule has 0 heterocycles. The molecule has 0 aromatic heterocycles. The molecule has 0 saturated carbocycles. The Hall–Kier alpha value is -2.20. The predicted molar refractivity (Wildman–Crippen MR) is 60.9 cm³/mol. The van der Waals surface area contributed by atoms with Gasteiger partial charge in [0, 0.05) is 5.56 Å². The standard InChI is InChI=1S/C14H10O/c1-2-12-8-10-14(11-9-12)15-13-6-4-3-5-7-13/h1,3-11H. The van der Waals surface area contributed by atoms with E-state index in [-0.39, 0.29) is 0 Å². The lowest BCUT2D eigenvalue weighted by Crippen LogP contribution is -1.83. The fourth-order valence-electron chi connectivity index (χ4n) is 1.24. The van der Waals surface area contributed by atoms with Gasteiger partial charge in [0.1, 0.15) is 11.5 Å². The third-order valence-electron chi connectivity index (χ3n) is 2.00. The van der Waals surface area contributed by atoms with Gasteiger partial charge in [0.25, 0.3) is 0 Å². The number of hydrogen-bond acceptors (Lipinski definition) is 1. The van der Waals surface area contributed by atoms with E-state index in [0.717, 1.165) is 17.1 Å². The predicted octanol–water partition coefficient (Wildman–Crippen LogP) is 3.46. The molecule has 0 saturated heterocycles. The van der Waals surface area contributed by atoms with Crippen LogP contribution in [-0.2, 0) is 0 Å². The largest absolute Gasteiger partial charge is 0.457 e. The highest BCUT2D eigenvalue weighted by atomic mass is 16.5. The maximum atomic E-state index is 5.61. The van der Waals surface area contributed by atoms with E-state index in [9.17, 15) is 0 Å². The molecule has 0 radical (unpaired) electrons. The third-order valence-corrected chi connectivity index (χ3v) is 2.00. The van der Waals surface area contributed by atoms with Gasteiger partial charge < -0.3 is 4.74 Å². The SMILES string of the molecule is C#Cc1ccc(Oc2ccccc2)cc1. The number of ether oxygens (including phenoxy) is 1. The molecule has 0 atom stereocenters. The van der Waals surface area contributed by atoms with Crippen molar-refractivity contribution in [1.82, 2.24) is 0 Å². The van der Waals surface area contributed by atoms with Crippen LogP contribution in [0.3, 0.4) is 0 Å². The lowest BCUT2D eigenvalue weighted by atomic mass is 10.2. The number of rotatable bonds is 2. The lowest BCUT2D eigenvalue weighted by Gasteiger charge is -2.04. The van der Waals surface area contributed by atoms with Gasteiger partial charge in [-0.2, -0.15) is 0 Å². The molecule has 0 N–H and O–H groups in total. The summed E-state index contributed by atoms with van der Waals surface area (Å²) in [4.78, 5) is 0. The van der Waals surface area contributed by atoms with Gasteiger partial charge in [-0.3, -0.25) is 0 Å². The van der Waals surface area contributed by atoms with Gasteiger partial charge in [0.15, 0.2) is 0 Å². The lowest BCUT2D eigenvalue weighted by molar-refractivity contribution is 0.482. The molecule has 2 aromatic rings. The Kier molecular flexibility index (Phi) is 2.71. The number of hydrogen-bond donors (Lipinski definition) is 0. The Morgan fingerprint density at radius 2 is 1.40 bits per heavy atom. The molecule has 1 nitrogen and oxygen atoms in total. The normalized spacial score (nSPS) is 9.27. The monoisotopic (exact) mass is 194 g/mol. The van der Waals surface area contributed by atoms with E-state index in [1.165, 1.54) is 0 Å². The number of terminal acetylenes is 1.